The number of hydrogen-bond donors (Lipinski definition) is 1. The summed E-state index contributed by atoms with van der Waals surface area (Å²) in [6.07, 6.45) is 4.83. The van der Waals surface area contributed by atoms with Gasteiger partial charge in [0.15, 0.2) is 5.69 Å². The molecule has 0 radical (unpaired) electrons. The van der Waals surface area contributed by atoms with Gasteiger partial charge in [0.25, 0.3) is 0 Å². The summed E-state index contributed by atoms with van der Waals surface area (Å²) in [6, 6.07) is 9.49. The van der Waals surface area contributed by atoms with E-state index in [4.69, 9.17) is 16.6 Å². The lowest BCUT2D eigenvalue weighted by atomic mass is 10.1. The van der Waals surface area contributed by atoms with Gasteiger partial charge in [-0.3, -0.25) is 4.79 Å². The molecule has 1 saturated carbocycles. The van der Waals surface area contributed by atoms with E-state index in [1.807, 2.05) is 12.1 Å². The van der Waals surface area contributed by atoms with E-state index < -0.39 is 0 Å². The van der Waals surface area contributed by atoms with Crippen LogP contribution >= 0.6 is 0 Å². The molecule has 3 rings (SSSR count). The Balaban J connectivity index is 1.38. The number of ether oxygens (including phenoxy) is 1. The zero-order valence-corrected chi connectivity index (χ0v) is 14.9. The van der Waals surface area contributed by atoms with Gasteiger partial charge in [-0.1, -0.05) is 12.1 Å². The first-order chi connectivity index (χ1) is 12.7. The number of hydrogen-bond acceptors (Lipinski definition) is 4. The molecule has 2 fully saturated rings. The SMILES string of the molecule is [C-]#[N+]c1ccc(OC[C@H]2CC[C@@H](NCC(=O)N3CCC[C@H]3C#N)C2)cc1. The number of nitrogens with one attached hydrogen (secondary N) is 1. The minimum absolute atomic E-state index is 0.0358. The van der Waals surface area contributed by atoms with Crippen LogP contribution in [-0.4, -0.2) is 42.6 Å². The molecule has 26 heavy (non-hydrogen) atoms. The van der Waals surface area contributed by atoms with E-state index >= 15 is 0 Å². The average molecular weight is 352 g/mol. The number of amides is 1. The van der Waals surface area contributed by atoms with Crippen molar-refractivity contribution in [3.8, 4) is 11.8 Å². The number of rotatable bonds is 6. The molecule has 0 unspecified atom stereocenters. The normalized spacial score (nSPS) is 24.8. The van der Waals surface area contributed by atoms with Crippen molar-refractivity contribution in [2.45, 2.75) is 44.2 Å². The smallest absolute Gasteiger partial charge is 0.237 e. The molecule has 1 aliphatic heterocycles. The maximum atomic E-state index is 12.3. The summed E-state index contributed by atoms with van der Waals surface area (Å²) < 4.78 is 5.83. The van der Waals surface area contributed by atoms with Crippen molar-refractivity contribution in [2.75, 3.05) is 19.7 Å². The maximum Gasteiger partial charge on any atom is 0.237 e. The van der Waals surface area contributed by atoms with Crippen LogP contribution in [-0.2, 0) is 4.79 Å². The van der Waals surface area contributed by atoms with E-state index in [0.29, 0.717) is 37.3 Å². The predicted octanol–water partition coefficient (Wildman–Crippen LogP) is 2.89. The van der Waals surface area contributed by atoms with Crippen LogP contribution in [0.3, 0.4) is 0 Å². The van der Waals surface area contributed by atoms with Crippen molar-refractivity contribution in [1.82, 2.24) is 10.2 Å². The van der Waals surface area contributed by atoms with Crippen LogP contribution in [0.5, 0.6) is 5.75 Å². The molecule has 3 atom stereocenters. The van der Waals surface area contributed by atoms with Crippen LogP contribution < -0.4 is 10.1 Å². The molecule has 1 heterocycles. The molecule has 1 amide bonds. The third-order valence-electron chi connectivity index (χ3n) is 5.26. The first-order valence-electron chi connectivity index (χ1n) is 9.22. The second-order valence-corrected chi connectivity index (χ2v) is 7.05. The number of nitriles is 1. The molecule has 0 aromatic heterocycles. The van der Waals surface area contributed by atoms with Crippen molar-refractivity contribution in [2.24, 2.45) is 5.92 Å². The summed E-state index contributed by atoms with van der Waals surface area (Å²) in [4.78, 5) is 17.4. The van der Waals surface area contributed by atoms with Crippen molar-refractivity contribution in [1.29, 1.82) is 5.26 Å². The quantitative estimate of drug-likeness (QED) is 0.799. The number of nitrogens with zero attached hydrogens (tertiary/aromatic N) is 3. The number of carbonyl (C=O) groups excluding carboxylic acids is 1. The van der Waals surface area contributed by atoms with Crippen LogP contribution in [0.1, 0.15) is 32.1 Å². The van der Waals surface area contributed by atoms with E-state index in [-0.39, 0.29) is 11.9 Å². The van der Waals surface area contributed by atoms with Gasteiger partial charge in [-0.15, -0.1) is 0 Å². The summed E-state index contributed by atoms with van der Waals surface area (Å²) in [5.41, 5.74) is 0.615. The van der Waals surface area contributed by atoms with Gasteiger partial charge in [-0.25, -0.2) is 4.85 Å². The highest BCUT2D eigenvalue weighted by Gasteiger charge is 2.30. The van der Waals surface area contributed by atoms with Gasteiger partial charge < -0.3 is 15.0 Å². The van der Waals surface area contributed by atoms with Gasteiger partial charge in [0, 0.05) is 12.6 Å². The fourth-order valence-electron chi connectivity index (χ4n) is 3.78. The van der Waals surface area contributed by atoms with Crippen molar-refractivity contribution >= 4 is 11.6 Å². The Morgan fingerprint density at radius 3 is 2.88 bits per heavy atom. The molecule has 1 N–H and O–H groups in total. The second-order valence-electron chi connectivity index (χ2n) is 7.05. The van der Waals surface area contributed by atoms with Gasteiger partial charge in [0.05, 0.1) is 25.8 Å². The van der Waals surface area contributed by atoms with Crippen LogP contribution in [0.2, 0.25) is 0 Å². The van der Waals surface area contributed by atoms with E-state index in [9.17, 15) is 4.79 Å². The van der Waals surface area contributed by atoms with E-state index in [1.54, 1.807) is 17.0 Å². The first kappa shape index (κ1) is 18.2. The molecule has 136 valence electrons. The highest BCUT2D eigenvalue weighted by molar-refractivity contribution is 5.79. The van der Waals surface area contributed by atoms with Gasteiger partial charge in [0.1, 0.15) is 11.8 Å². The molecule has 6 nitrogen and oxygen atoms in total. The lowest BCUT2D eigenvalue weighted by molar-refractivity contribution is -0.130. The Morgan fingerprint density at radius 2 is 2.15 bits per heavy atom. The molecule has 0 spiro atoms. The fraction of sp³-hybridized carbons (Fsp3) is 0.550. The van der Waals surface area contributed by atoms with Crippen LogP contribution in [0.15, 0.2) is 24.3 Å². The Kier molecular flexibility index (Phi) is 6.09. The van der Waals surface area contributed by atoms with Crippen molar-refractivity contribution < 1.29 is 9.53 Å². The molecule has 1 aliphatic carbocycles. The fourth-order valence-corrected chi connectivity index (χ4v) is 3.78. The topological polar surface area (TPSA) is 69.7 Å². The summed E-state index contributed by atoms with van der Waals surface area (Å²) >= 11 is 0. The molecule has 1 aromatic carbocycles. The highest BCUT2D eigenvalue weighted by atomic mass is 16.5. The zero-order valence-electron chi connectivity index (χ0n) is 14.9. The third-order valence-corrected chi connectivity index (χ3v) is 5.26. The third kappa shape index (κ3) is 4.53. The largest absolute Gasteiger partial charge is 0.493 e. The summed E-state index contributed by atoms with van der Waals surface area (Å²) in [7, 11) is 0. The van der Waals surface area contributed by atoms with Gasteiger partial charge in [0.2, 0.25) is 5.91 Å². The Morgan fingerprint density at radius 1 is 1.35 bits per heavy atom. The van der Waals surface area contributed by atoms with Crippen LogP contribution in [0, 0.1) is 23.8 Å². The molecule has 1 saturated heterocycles. The molecule has 1 aromatic rings. The molecule has 0 bridgehead atoms. The summed E-state index contributed by atoms with van der Waals surface area (Å²) in [5.74, 6) is 1.30. The van der Waals surface area contributed by atoms with Crippen LogP contribution in [0.4, 0.5) is 5.69 Å². The Labute approximate surface area is 154 Å². The minimum atomic E-state index is -0.247. The van der Waals surface area contributed by atoms with Crippen molar-refractivity contribution in [3.63, 3.8) is 0 Å². The van der Waals surface area contributed by atoms with Gasteiger partial charge in [-0.05, 0) is 50.2 Å². The van der Waals surface area contributed by atoms with E-state index in [2.05, 4.69) is 16.2 Å². The minimum Gasteiger partial charge on any atom is -0.493 e. The first-order valence-corrected chi connectivity index (χ1v) is 9.22. The van der Waals surface area contributed by atoms with Gasteiger partial charge >= 0.3 is 0 Å². The average Bonchev–Trinajstić information content (AvgIpc) is 3.34. The summed E-state index contributed by atoms with van der Waals surface area (Å²) in [5, 5.41) is 12.4. The van der Waals surface area contributed by atoms with Crippen molar-refractivity contribution in [3.05, 3.63) is 35.7 Å². The van der Waals surface area contributed by atoms with E-state index in [0.717, 1.165) is 37.9 Å². The number of benzene rings is 1. The monoisotopic (exact) mass is 352 g/mol. The second kappa shape index (κ2) is 8.69. The van der Waals surface area contributed by atoms with Gasteiger partial charge in [-0.2, -0.15) is 5.26 Å². The number of carbonyl (C=O) groups is 1. The molecule has 6 heteroatoms. The number of likely N-dealkylation sites (tertiary alicyclic amines) is 1. The van der Waals surface area contributed by atoms with E-state index in [1.165, 1.54) is 0 Å². The molecule has 2 aliphatic rings. The molecular formula is C20H24N4O2. The highest BCUT2D eigenvalue weighted by Crippen LogP contribution is 2.27. The Hall–Kier alpha value is -2.57. The lowest BCUT2D eigenvalue weighted by Crippen LogP contribution is -2.42. The Bertz CT molecular complexity index is 704. The maximum absolute atomic E-state index is 12.3. The lowest BCUT2D eigenvalue weighted by Gasteiger charge is -2.21. The predicted molar refractivity (Wildman–Crippen MR) is 97.7 cm³/mol. The zero-order chi connectivity index (χ0) is 18.4. The summed E-state index contributed by atoms with van der Waals surface area (Å²) in [6.45, 7) is 8.63. The van der Waals surface area contributed by atoms with Crippen LogP contribution in [0.25, 0.3) is 4.85 Å². The standard InChI is InChI=1S/C20H24N4O2/c1-22-16-6-8-19(9-7-16)26-14-15-4-5-17(11-15)23-13-20(25)24-10-2-3-18(24)12-21/h6-9,15,17-18,23H,2-5,10-11,13-14H2/t15-,17+,18-/m0/s1. The molecular weight excluding hydrogens is 328 g/mol.